The Labute approximate surface area is 167 Å². The van der Waals surface area contributed by atoms with Gasteiger partial charge in [0, 0.05) is 5.56 Å². The van der Waals surface area contributed by atoms with Gasteiger partial charge in [-0.05, 0) is 50.5 Å². The molecule has 0 heterocycles. The topological polar surface area (TPSA) is 55.8 Å². The predicted octanol–water partition coefficient (Wildman–Crippen LogP) is 4.55. The maximum Gasteiger partial charge on any atom is 0.308 e. The van der Waals surface area contributed by atoms with E-state index in [0.29, 0.717) is 5.56 Å². The normalized spacial score (nSPS) is 11.1. The maximum atomic E-state index is 12.9. The first-order chi connectivity index (χ1) is 13.3. The van der Waals surface area contributed by atoms with Crippen molar-refractivity contribution in [3.63, 3.8) is 0 Å². The van der Waals surface area contributed by atoms with Crippen LogP contribution in [0, 0.1) is 0 Å². The quantitative estimate of drug-likeness (QED) is 0.495. The van der Waals surface area contributed by atoms with Crippen molar-refractivity contribution in [3.05, 3.63) is 71.3 Å². The number of ether oxygens (including phenoxy) is 1. The number of carbonyl (C=O) groups excluding carboxylic acids is 2. The van der Waals surface area contributed by atoms with Gasteiger partial charge in [0.25, 0.3) is 5.91 Å². The molecule has 0 aliphatic rings. The van der Waals surface area contributed by atoms with Gasteiger partial charge in [0.1, 0.15) is 12.2 Å². The summed E-state index contributed by atoms with van der Waals surface area (Å²) in [6.07, 6.45) is 0.964. The van der Waals surface area contributed by atoms with E-state index in [1.165, 1.54) is 5.06 Å². The molecule has 0 bridgehead atoms. The van der Waals surface area contributed by atoms with Crippen LogP contribution >= 0.6 is 0 Å². The molecular weight excluding hydrogens is 354 g/mol. The molecule has 0 saturated heterocycles. The number of hydrogen-bond donors (Lipinski definition) is 0. The molecule has 0 unspecified atom stereocenters. The van der Waals surface area contributed by atoms with E-state index >= 15 is 0 Å². The number of hydroxylamine groups is 2. The van der Waals surface area contributed by atoms with Crippen molar-refractivity contribution in [1.29, 1.82) is 0 Å². The van der Waals surface area contributed by atoms with Crippen molar-refractivity contribution < 1.29 is 19.2 Å². The second-order valence-electron chi connectivity index (χ2n) is 7.55. The van der Waals surface area contributed by atoms with Crippen molar-refractivity contribution in [2.24, 2.45) is 0 Å². The van der Waals surface area contributed by atoms with E-state index in [2.05, 4.69) is 6.92 Å². The fraction of sp³-hybridized carbons (Fsp3) is 0.391. The van der Waals surface area contributed by atoms with Crippen LogP contribution in [0.1, 0.15) is 55.6 Å². The summed E-state index contributed by atoms with van der Waals surface area (Å²) in [5, 5.41) is 1.25. The van der Waals surface area contributed by atoms with E-state index in [4.69, 9.17) is 9.57 Å². The summed E-state index contributed by atoms with van der Waals surface area (Å²) in [5.41, 5.74) is 2.06. The highest BCUT2D eigenvalue weighted by Gasteiger charge is 2.21. The van der Waals surface area contributed by atoms with Gasteiger partial charge in [-0.2, -0.15) is 0 Å². The SMILES string of the molecule is CCc1ccc(C(=O)N(CCC(=O)OC(C)(C)C)OCc2ccccc2)cc1. The van der Waals surface area contributed by atoms with Crippen molar-refractivity contribution in [2.75, 3.05) is 6.54 Å². The van der Waals surface area contributed by atoms with Crippen molar-refractivity contribution >= 4 is 11.9 Å². The Morgan fingerprint density at radius 3 is 2.14 bits per heavy atom. The van der Waals surface area contributed by atoms with Gasteiger partial charge in [-0.25, -0.2) is 5.06 Å². The number of nitrogens with zero attached hydrogens (tertiary/aromatic N) is 1. The minimum Gasteiger partial charge on any atom is -0.460 e. The zero-order valence-electron chi connectivity index (χ0n) is 17.1. The smallest absolute Gasteiger partial charge is 0.308 e. The third-order valence-corrected chi connectivity index (χ3v) is 4.00. The fourth-order valence-corrected chi connectivity index (χ4v) is 2.56. The molecular formula is C23H29NO4. The second kappa shape index (κ2) is 10.0. The summed E-state index contributed by atoms with van der Waals surface area (Å²) in [6, 6.07) is 17.0. The fourth-order valence-electron chi connectivity index (χ4n) is 2.56. The molecule has 0 fully saturated rings. The van der Waals surface area contributed by atoms with Crippen LogP contribution in [0.4, 0.5) is 0 Å². The van der Waals surface area contributed by atoms with E-state index in [9.17, 15) is 9.59 Å². The molecule has 28 heavy (non-hydrogen) atoms. The van der Waals surface area contributed by atoms with E-state index in [-0.39, 0.29) is 31.4 Å². The summed E-state index contributed by atoms with van der Waals surface area (Å²) >= 11 is 0. The van der Waals surface area contributed by atoms with Gasteiger partial charge in [-0.15, -0.1) is 0 Å². The van der Waals surface area contributed by atoms with Crippen LogP contribution in [-0.4, -0.2) is 29.1 Å². The highest BCUT2D eigenvalue weighted by molar-refractivity contribution is 5.93. The van der Waals surface area contributed by atoms with Gasteiger partial charge in [-0.1, -0.05) is 49.4 Å². The van der Waals surface area contributed by atoms with Gasteiger partial charge < -0.3 is 4.74 Å². The molecule has 0 saturated carbocycles. The van der Waals surface area contributed by atoms with E-state index in [0.717, 1.165) is 17.5 Å². The number of rotatable bonds is 8. The van der Waals surface area contributed by atoms with Crippen LogP contribution < -0.4 is 0 Å². The maximum absolute atomic E-state index is 12.9. The molecule has 1 amide bonds. The van der Waals surface area contributed by atoms with Gasteiger partial charge in [0.05, 0.1) is 13.0 Å². The lowest BCUT2D eigenvalue weighted by molar-refractivity contribution is -0.162. The molecule has 150 valence electrons. The number of hydrogen-bond acceptors (Lipinski definition) is 4. The largest absolute Gasteiger partial charge is 0.460 e. The second-order valence-corrected chi connectivity index (χ2v) is 7.55. The molecule has 0 radical (unpaired) electrons. The number of benzene rings is 2. The van der Waals surface area contributed by atoms with Crippen molar-refractivity contribution in [2.45, 2.75) is 52.7 Å². The van der Waals surface area contributed by atoms with Crippen LogP contribution in [0.25, 0.3) is 0 Å². The minimum absolute atomic E-state index is 0.0604. The lowest BCUT2D eigenvalue weighted by Crippen LogP contribution is -2.34. The molecule has 2 rings (SSSR count). The first-order valence-electron chi connectivity index (χ1n) is 9.58. The van der Waals surface area contributed by atoms with Crippen molar-refractivity contribution in [1.82, 2.24) is 5.06 Å². The summed E-state index contributed by atoms with van der Waals surface area (Å²) in [6.45, 7) is 7.87. The number of carbonyl (C=O) groups is 2. The molecule has 0 spiro atoms. The molecule has 0 N–H and O–H groups in total. The molecule has 5 heteroatoms. The van der Waals surface area contributed by atoms with Gasteiger partial charge in [0.2, 0.25) is 0 Å². The highest BCUT2D eigenvalue weighted by Crippen LogP contribution is 2.13. The standard InChI is InChI=1S/C23H29NO4/c1-5-18-11-13-20(14-12-18)22(26)24(16-15-21(25)28-23(2,3)4)27-17-19-9-7-6-8-10-19/h6-14H,5,15-17H2,1-4H3. The number of amides is 1. The first-order valence-corrected chi connectivity index (χ1v) is 9.58. The Bertz CT molecular complexity index is 763. The summed E-state index contributed by atoms with van der Waals surface area (Å²) in [7, 11) is 0. The van der Waals surface area contributed by atoms with Crippen LogP contribution in [0.2, 0.25) is 0 Å². The van der Waals surface area contributed by atoms with Gasteiger partial charge in [-0.3, -0.25) is 14.4 Å². The van der Waals surface area contributed by atoms with E-state index < -0.39 is 5.60 Å². The lowest BCUT2D eigenvalue weighted by atomic mass is 10.1. The molecule has 2 aromatic carbocycles. The van der Waals surface area contributed by atoms with E-state index in [1.54, 1.807) is 12.1 Å². The zero-order valence-corrected chi connectivity index (χ0v) is 17.1. The zero-order chi connectivity index (χ0) is 20.6. The predicted molar refractivity (Wildman–Crippen MR) is 109 cm³/mol. The summed E-state index contributed by atoms with van der Waals surface area (Å²) < 4.78 is 5.33. The van der Waals surface area contributed by atoms with Crippen LogP contribution in [0.15, 0.2) is 54.6 Å². The Hall–Kier alpha value is -2.66. The Kier molecular flexibility index (Phi) is 7.76. The average Bonchev–Trinajstić information content (AvgIpc) is 2.67. The number of aryl methyl sites for hydroxylation is 1. The molecule has 0 atom stereocenters. The monoisotopic (exact) mass is 383 g/mol. The van der Waals surface area contributed by atoms with Gasteiger partial charge >= 0.3 is 5.97 Å². The highest BCUT2D eigenvalue weighted by atomic mass is 16.7. The van der Waals surface area contributed by atoms with Crippen LogP contribution in [0.5, 0.6) is 0 Å². The number of esters is 1. The first kappa shape index (κ1) is 21.6. The van der Waals surface area contributed by atoms with E-state index in [1.807, 2.05) is 63.2 Å². The molecule has 2 aromatic rings. The van der Waals surface area contributed by atoms with Crippen LogP contribution in [-0.2, 0) is 27.4 Å². The molecule has 0 aromatic heterocycles. The van der Waals surface area contributed by atoms with Gasteiger partial charge in [0.15, 0.2) is 0 Å². The molecule has 0 aliphatic carbocycles. The van der Waals surface area contributed by atoms with Crippen molar-refractivity contribution in [3.8, 4) is 0 Å². The summed E-state index contributed by atoms with van der Waals surface area (Å²) in [5.74, 6) is -0.642. The summed E-state index contributed by atoms with van der Waals surface area (Å²) in [4.78, 5) is 30.7. The molecule has 0 aliphatic heterocycles. The Morgan fingerprint density at radius 2 is 1.57 bits per heavy atom. The lowest BCUT2D eigenvalue weighted by Gasteiger charge is -2.24. The average molecular weight is 383 g/mol. The Balaban J connectivity index is 2.07. The Morgan fingerprint density at radius 1 is 0.929 bits per heavy atom. The molecule has 5 nitrogen and oxygen atoms in total. The minimum atomic E-state index is -0.563. The third kappa shape index (κ3) is 7.16. The van der Waals surface area contributed by atoms with Crippen LogP contribution in [0.3, 0.4) is 0 Å². The third-order valence-electron chi connectivity index (χ3n) is 4.00.